The highest BCUT2D eigenvalue weighted by Gasteiger charge is 2.08. The van der Waals surface area contributed by atoms with E-state index in [1.165, 1.54) is 5.56 Å². The molecular formula is C19H24N2O2. The Morgan fingerprint density at radius 1 is 1.17 bits per heavy atom. The average molecular weight is 312 g/mol. The number of methoxy groups -OCH3 is 1. The van der Waals surface area contributed by atoms with Crippen LogP contribution in [0, 0.1) is 0 Å². The van der Waals surface area contributed by atoms with Gasteiger partial charge in [-0.1, -0.05) is 30.3 Å². The van der Waals surface area contributed by atoms with Crippen LogP contribution >= 0.6 is 0 Å². The van der Waals surface area contributed by atoms with E-state index in [2.05, 4.69) is 23.6 Å². The molecule has 0 spiro atoms. The van der Waals surface area contributed by atoms with Crippen LogP contribution in [0.1, 0.15) is 28.4 Å². The summed E-state index contributed by atoms with van der Waals surface area (Å²) in [4.78, 5) is 11.7. The summed E-state index contributed by atoms with van der Waals surface area (Å²) in [7, 11) is 3.34. The van der Waals surface area contributed by atoms with E-state index >= 15 is 0 Å². The third-order valence-electron chi connectivity index (χ3n) is 3.79. The quantitative estimate of drug-likeness (QED) is 0.826. The van der Waals surface area contributed by atoms with Crippen LogP contribution in [0.15, 0.2) is 48.5 Å². The molecule has 1 amide bonds. The standard InChI is InChI=1S/C19H24N2O2/c1-14(11-16-8-4-5-10-18(16)23-3)21-13-15-7-6-9-17(12-15)19(22)20-2/h4-10,12,14,21H,11,13H2,1-3H3,(H,20,22). The molecule has 2 N–H and O–H groups in total. The highest BCUT2D eigenvalue weighted by molar-refractivity contribution is 5.94. The Balaban J connectivity index is 1.94. The number of nitrogens with one attached hydrogen (secondary N) is 2. The molecule has 0 fully saturated rings. The van der Waals surface area contributed by atoms with Crippen molar-refractivity contribution in [1.82, 2.24) is 10.6 Å². The Bertz CT molecular complexity index is 655. The van der Waals surface area contributed by atoms with Gasteiger partial charge in [0, 0.05) is 25.2 Å². The molecule has 0 saturated carbocycles. The predicted octanol–water partition coefficient (Wildman–Crippen LogP) is 2.78. The molecule has 0 bridgehead atoms. The highest BCUT2D eigenvalue weighted by atomic mass is 16.5. The first kappa shape index (κ1) is 17.0. The molecule has 4 heteroatoms. The Kier molecular flexibility index (Phi) is 6.18. The molecule has 122 valence electrons. The highest BCUT2D eigenvalue weighted by Crippen LogP contribution is 2.19. The minimum atomic E-state index is -0.0612. The van der Waals surface area contributed by atoms with Gasteiger partial charge in [0.1, 0.15) is 5.75 Å². The van der Waals surface area contributed by atoms with Crippen molar-refractivity contribution in [1.29, 1.82) is 0 Å². The van der Waals surface area contributed by atoms with Gasteiger partial charge in [-0.25, -0.2) is 0 Å². The molecule has 0 aliphatic rings. The summed E-state index contributed by atoms with van der Waals surface area (Å²) in [6.45, 7) is 2.87. The van der Waals surface area contributed by atoms with Crippen molar-refractivity contribution in [3.8, 4) is 5.75 Å². The first-order valence-electron chi connectivity index (χ1n) is 7.80. The summed E-state index contributed by atoms with van der Waals surface area (Å²) in [5.41, 5.74) is 2.97. The van der Waals surface area contributed by atoms with Crippen LogP contribution < -0.4 is 15.4 Å². The summed E-state index contributed by atoms with van der Waals surface area (Å²) in [5.74, 6) is 0.858. The van der Waals surface area contributed by atoms with E-state index in [9.17, 15) is 4.79 Å². The van der Waals surface area contributed by atoms with Crippen LogP contribution in [-0.4, -0.2) is 26.1 Å². The molecule has 1 unspecified atom stereocenters. The number of rotatable bonds is 7. The third kappa shape index (κ3) is 4.83. The second-order valence-corrected chi connectivity index (χ2v) is 5.58. The third-order valence-corrected chi connectivity index (χ3v) is 3.79. The van der Waals surface area contributed by atoms with Crippen molar-refractivity contribution >= 4 is 5.91 Å². The lowest BCUT2D eigenvalue weighted by Crippen LogP contribution is -2.28. The van der Waals surface area contributed by atoms with Gasteiger partial charge < -0.3 is 15.4 Å². The van der Waals surface area contributed by atoms with E-state index in [-0.39, 0.29) is 5.91 Å². The van der Waals surface area contributed by atoms with Gasteiger partial charge in [0.2, 0.25) is 0 Å². The molecule has 2 rings (SSSR count). The maximum absolute atomic E-state index is 11.7. The molecule has 4 nitrogen and oxygen atoms in total. The number of amides is 1. The SMILES string of the molecule is CNC(=O)c1cccc(CNC(C)Cc2ccccc2OC)c1. The van der Waals surface area contributed by atoms with Gasteiger partial charge in [0.25, 0.3) is 5.91 Å². The average Bonchev–Trinajstić information content (AvgIpc) is 2.60. The normalized spacial score (nSPS) is 11.8. The predicted molar refractivity (Wildman–Crippen MR) is 92.8 cm³/mol. The number of benzene rings is 2. The zero-order valence-corrected chi connectivity index (χ0v) is 13.9. The van der Waals surface area contributed by atoms with E-state index in [1.54, 1.807) is 14.2 Å². The lowest BCUT2D eigenvalue weighted by molar-refractivity contribution is 0.0963. The van der Waals surface area contributed by atoms with Crippen LogP contribution in [-0.2, 0) is 13.0 Å². The summed E-state index contributed by atoms with van der Waals surface area (Å²) < 4.78 is 5.39. The minimum absolute atomic E-state index is 0.0612. The van der Waals surface area contributed by atoms with Crippen molar-refractivity contribution < 1.29 is 9.53 Å². The zero-order chi connectivity index (χ0) is 16.7. The Morgan fingerprint density at radius 2 is 1.96 bits per heavy atom. The molecule has 0 aliphatic heterocycles. The number of carbonyl (C=O) groups excluding carboxylic acids is 1. The second-order valence-electron chi connectivity index (χ2n) is 5.58. The Labute approximate surface area is 137 Å². The van der Waals surface area contributed by atoms with Crippen molar-refractivity contribution in [2.75, 3.05) is 14.2 Å². The topological polar surface area (TPSA) is 50.4 Å². The van der Waals surface area contributed by atoms with Gasteiger partial charge in [0.05, 0.1) is 7.11 Å². The molecule has 0 saturated heterocycles. The van der Waals surface area contributed by atoms with Gasteiger partial charge in [-0.05, 0) is 42.7 Å². The van der Waals surface area contributed by atoms with Crippen LogP contribution in [0.5, 0.6) is 5.75 Å². The summed E-state index contributed by atoms with van der Waals surface area (Å²) in [6.07, 6.45) is 0.888. The van der Waals surface area contributed by atoms with Gasteiger partial charge >= 0.3 is 0 Å². The van der Waals surface area contributed by atoms with E-state index < -0.39 is 0 Å². The van der Waals surface area contributed by atoms with Crippen molar-refractivity contribution in [2.24, 2.45) is 0 Å². The lowest BCUT2D eigenvalue weighted by atomic mass is 10.1. The van der Waals surface area contributed by atoms with Crippen molar-refractivity contribution in [3.63, 3.8) is 0 Å². The molecule has 0 radical (unpaired) electrons. The molecule has 23 heavy (non-hydrogen) atoms. The van der Waals surface area contributed by atoms with Gasteiger partial charge in [0.15, 0.2) is 0 Å². The van der Waals surface area contributed by atoms with Crippen LogP contribution in [0.4, 0.5) is 0 Å². The maximum atomic E-state index is 11.7. The van der Waals surface area contributed by atoms with Gasteiger partial charge in [-0.3, -0.25) is 4.79 Å². The maximum Gasteiger partial charge on any atom is 0.251 e. The number of carbonyl (C=O) groups is 1. The molecule has 0 aliphatic carbocycles. The monoisotopic (exact) mass is 312 g/mol. The zero-order valence-electron chi connectivity index (χ0n) is 13.9. The van der Waals surface area contributed by atoms with Crippen LogP contribution in [0.3, 0.4) is 0 Å². The number of ether oxygens (including phenoxy) is 1. The van der Waals surface area contributed by atoms with E-state index in [1.807, 2.05) is 42.5 Å². The summed E-state index contributed by atoms with van der Waals surface area (Å²) in [5, 5.41) is 6.14. The fourth-order valence-electron chi connectivity index (χ4n) is 2.53. The van der Waals surface area contributed by atoms with E-state index in [0.717, 1.165) is 24.3 Å². The molecule has 2 aromatic carbocycles. The number of para-hydroxylation sites is 1. The van der Waals surface area contributed by atoms with Gasteiger partial charge in [-0.15, -0.1) is 0 Å². The van der Waals surface area contributed by atoms with Gasteiger partial charge in [-0.2, -0.15) is 0 Å². The van der Waals surface area contributed by atoms with Crippen LogP contribution in [0.2, 0.25) is 0 Å². The lowest BCUT2D eigenvalue weighted by Gasteiger charge is -2.16. The second kappa shape index (κ2) is 8.34. The first-order chi connectivity index (χ1) is 11.1. The smallest absolute Gasteiger partial charge is 0.251 e. The molecule has 0 aromatic heterocycles. The van der Waals surface area contributed by atoms with Crippen LogP contribution in [0.25, 0.3) is 0 Å². The fourth-order valence-corrected chi connectivity index (χ4v) is 2.53. The number of hydrogen-bond donors (Lipinski definition) is 2. The Morgan fingerprint density at radius 3 is 2.70 bits per heavy atom. The minimum Gasteiger partial charge on any atom is -0.496 e. The largest absolute Gasteiger partial charge is 0.496 e. The summed E-state index contributed by atoms with van der Waals surface area (Å²) >= 11 is 0. The summed E-state index contributed by atoms with van der Waals surface area (Å²) in [6, 6.07) is 16.0. The number of hydrogen-bond acceptors (Lipinski definition) is 3. The fraction of sp³-hybridized carbons (Fsp3) is 0.316. The van der Waals surface area contributed by atoms with Crippen molar-refractivity contribution in [3.05, 3.63) is 65.2 Å². The molecule has 0 heterocycles. The molecule has 2 aromatic rings. The first-order valence-corrected chi connectivity index (χ1v) is 7.80. The molecule has 1 atom stereocenters. The van der Waals surface area contributed by atoms with Crippen molar-refractivity contribution in [2.45, 2.75) is 25.9 Å². The van der Waals surface area contributed by atoms with E-state index in [0.29, 0.717) is 11.6 Å². The molecular weight excluding hydrogens is 288 g/mol. The Hall–Kier alpha value is -2.33. The van der Waals surface area contributed by atoms with E-state index in [4.69, 9.17) is 4.74 Å².